The van der Waals surface area contributed by atoms with Gasteiger partial charge in [-0.15, -0.1) is 0 Å². The monoisotopic (exact) mass is 267 g/mol. The molecule has 0 amide bonds. The van der Waals surface area contributed by atoms with Gasteiger partial charge < -0.3 is 4.90 Å². The van der Waals surface area contributed by atoms with Gasteiger partial charge in [0, 0.05) is 17.4 Å². The third-order valence-corrected chi connectivity index (χ3v) is 3.60. The van der Waals surface area contributed by atoms with Crippen molar-refractivity contribution in [3.8, 4) is 0 Å². The maximum Gasteiger partial charge on any atom is 0.0413 e. The summed E-state index contributed by atoms with van der Waals surface area (Å²) in [5.74, 6) is 0.696. The molecule has 0 heterocycles. The molecule has 0 aliphatic rings. The first-order valence-electron chi connectivity index (χ1n) is 7.49. The Kier molecular flexibility index (Phi) is 4.84. The molecular formula is C19H25N. The van der Waals surface area contributed by atoms with E-state index >= 15 is 0 Å². The summed E-state index contributed by atoms with van der Waals surface area (Å²) in [7, 11) is 0. The smallest absolute Gasteiger partial charge is 0.0413 e. The maximum atomic E-state index is 2.44. The molecule has 106 valence electrons. The fraction of sp³-hybridized carbons (Fsp3) is 0.368. The van der Waals surface area contributed by atoms with E-state index in [1.54, 1.807) is 0 Å². The van der Waals surface area contributed by atoms with Gasteiger partial charge in [-0.2, -0.15) is 0 Å². The molecule has 0 aliphatic heterocycles. The van der Waals surface area contributed by atoms with Crippen LogP contribution in [0.2, 0.25) is 0 Å². The molecule has 0 bridgehead atoms. The SMILES string of the molecule is Cc1ccc(N(c2ccccc2)C(C)CC(C)C)cc1. The highest BCUT2D eigenvalue weighted by atomic mass is 15.2. The Labute approximate surface area is 123 Å². The maximum absolute atomic E-state index is 2.44. The van der Waals surface area contributed by atoms with Crippen LogP contribution in [0.5, 0.6) is 0 Å². The minimum absolute atomic E-state index is 0.486. The molecule has 1 atom stereocenters. The molecule has 0 aromatic heterocycles. The number of hydrogen-bond donors (Lipinski definition) is 0. The van der Waals surface area contributed by atoms with Crippen LogP contribution in [0.1, 0.15) is 32.8 Å². The lowest BCUT2D eigenvalue weighted by Gasteiger charge is -2.32. The Bertz CT molecular complexity index is 513. The lowest BCUT2D eigenvalue weighted by atomic mass is 10.0. The second kappa shape index (κ2) is 6.60. The van der Waals surface area contributed by atoms with Crippen molar-refractivity contribution in [2.24, 2.45) is 5.92 Å². The van der Waals surface area contributed by atoms with E-state index in [1.807, 2.05) is 0 Å². The van der Waals surface area contributed by atoms with E-state index in [1.165, 1.54) is 23.4 Å². The summed E-state index contributed by atoms with van der Waals surface area (Å²) >= 11 is 0. The Hall–Kier alpha value is -1.76. The lowest BCUT2D eigenvalue weighted by Crippen LogP contribution is -2.29. The highest BCUT2D eigenvalue weighted by molar-refractivity contribution is 5.64. The van der Waals surface area contributed by atoms with Crippen molar-refractivity contribution < 1.29 is 0 Å². The quantitative estimate of drug-likeness (QED) is 0.684. The molecule has 0 saturated carbocycles. The Morgan fingerprint density at radius 1 is 0.800 bits per heavy atom. The van der Waals surface area contributed by atoms with Gasteiger partial charge in [-0.1, -0.05) is 49.7 Å². The molecule has 2 aromatic rings. The van der Waals surface area contributed by atoms with Crippen LogP contribution in [0.25, 0.3) is 0 Å². The van der Waals surface area contributed by atoms with Crippen LogP contribution in [0.15, 0.2) is 54.6 Å². The summed E-state index contributed by atoms with van der Waals surface area (Å²) in [6.45, 7) is 9.02. The van der Waals surface area contributed by atoms with Crippen LogP contribution >= 0.6 is 0 Å². The molecule has 0 radical (unpaired) electrons. The van der Waals surface area contributed by atoms with E-state index in [9.17, 15) is 0 Å². The fourth-order valence-corrected chi connectivity index (χ4v) is 2.74. The van der Waals surface area contributed by atoms with Crippen LogP contribution in [-0.4, -0.2) is 6.04 Å². The predicted molar refractivity (Wildman–Crippen MR) is 88.7 cm³/mol. The van der Waals surface area contributed by atoms with Crippen molar-refractivity contribution in [1.82, 2.24) is 0 Å². The second-order valence-electron chi connectivity index (χ2n) is 6.02. The zero-order chi connectivity index (χ0) is 14.5. The van der Waals surface area contributed by atoms with Crippen molar-refractivity contribution >= 4 is 11.4 Å². The second-order valence-corrected chi connectivity index (χ2v) is 6.02. The highest BCUT2D eigenvalue weighted by Gasteiger charge is 2.17. The predicted octanol–water partition coefficient (Wildman–Crippen LogP) is 5.57. The van der Waals surface area contributed by atoms with Gasteiger partial charge in [0.25, 0.3) is 0 Å². The lowest BCUT2D eigenvalue weighted by molar-refractivity contribution is 0.513. The number of hydrogen-bond acceptors (Lipinski definition) is 1. The topological polar surface area (TPSA) is 3.24 Å². The van der Waals surface area contributed by atoms with E-state index in [2.05, 4.69) is 87.2 Å². The van der Waals surface area contributed by atoms with Crippen molar-refractivity contribution in [2.75, 3.05) is 4.90 Å². The summed E-state index contributed by atoms with van der Waals surface area (Å²) in [4.78, 5) is 2.44. The molecule has 1 unspecified atom stereocenters. The zero-order valence-electron chi connectivity index (χ0n) is 13.0. The Balaban J connectivity index is 2.36. The van der Waals surface area contributed by atoms with E-state index < -0.39 is 0 Å². The van der Waals surface area contributed by atoms with Crippen molar-refractivity contribution in [3.05, 3.63) is 60.2 Å². The van der Waals surface area contributed by atoms with Gasteiger partial charge >= 0.3 is 0 Å². The summed E-state index contributed by atoms with van der Waals surface area (Å²) in [6.07, 6.45) is 1.18. The number of benzene rings is 2. The summed E-state index contributed by atoms with van der Waals surface area (Å²) in [5, 5.41) is 0. The van der Waals surface area contributed by atoms with Gasteiger partial charge in [-0.05, 0) is 50.5 Å². The van der Waals surface area contributed by atoms with Gasteiger partial charge in [0.15, 0.2) is 0 Å². The van der Waals surface area contributed by atoms with E-state index in [-0.39, 0.29) is 0 Å². The third-order valence-electron chi connectivity index (χ3n) is 3.60. The van der Waals surface area contributed by atoms with E-state index in [0.29, 0.717) is 12.0 Å². The minimum atomic E-state index is 0.486. The molecule has 0 spiro atoms. The summed E-state index contributed by atoms with van der Waals surface area (Å²) in [5.41, 5.74) is 3.85. The largest absolute Gasteiger partial charge is 0.339 e. The Morgan fingerprint density at radius 3 is 1.90 bits per heavy atom. The number of aryl methyl sites for hydroxylation is 1. The summed E-state index contributed by atoms with van der Waals surface area (Å²) in [6, 6.07) is 20.0. The van der Waals surface area contributed by atoms with Gasteiger partial charge in [-0.3, -0.25) is 0 Å². The zero-order valence-corrected chi connectivity index (χ0v) is 13.0. The molecule has 0 saturated heterocycles. The number of nitrogens with zero attached hydrogens (tertiary/aromatic N) is 1. The molecule has 0 N–H and O–H groups in total. The van der Waals surface area contributed by atoms with Crippen LogP contribution in [0, 0.1) is 12.8 Å². The fourth-order valence-electron chi connectivity index (χ4n) is 2.74. The Morgan fingerprint density at radius 2 is 1.35 bits per heavy atom. The van der Waals surface area contributed by atoms with E-state index in [0.717, 1.165) is 0 Å². The average molecular weight is 267 g/mol. The summed E-state index contributed by atoms with van der Waals surface area (Å²) < 4.78 is 0. The van der Waals surface area contributed by atoms with Crippen molar-refractivity contribution in [1.29, 1.82) is 0 Å². The molecular weight excluding hydrogens is 242 g/mol. The third kappa shape index (κ3) is 3.63. The number of rotatable bonds is 5. The van der Waals surface area contributed by atoms with Crippen LogP contribution < -0.4 is 4.90 Å². The first kappa shape index (κ1) is 14.6. The number of para-hydroxylation sites is 1. The molecule has 2 rings (SSSR count). The van der Waals surface area contributed by atoms with Crippen LogP contribution in [-0.2, 0) is 0 Å². The van der Waals surface area contributed by atoms with Gasteiger partial charge in [0.1, 0.15) is 0 Å². The molecule has 20 heavy (non-hydrogen) atoms. The number of anilines is 2. The van der Waals surface area contributed by atoms with Crippen LogP contribution in [0.3, 0.4) is 0 Å². The van der Waals surface area contributed by atoms with Crippen molar-refractivity contribution in [2.45, 2.75) is 40.2 Å². The van der Waals surface area contributed by atoms with Gasteiger partial charge in [-0.25, -0.2) is 0 Å². The normalized spacial score (nSPS) is 12.4. The first-order chi connectivity index (χ1) is 9.58. The van der Waals surface area contributed by atoms with Crippen LogP contribution in [0.4, 0.5) is 11.4 Å². The van der Waals surface area contributed by atoms with Gasteiger partial charge in [0.2, 0.25) is 0 Å². The first-order valence-corrected chi connectivity index (χ1v) is 7.49. The van der Waals surface area contributed by atoms with Gasteiger partial charge in [0.05, 0.1) is 0 Å². The molecule has 0 fully saturated rings. The minimum Gasteiger partial charge on any atom is -0.339 e. The van der Waals surface area contributed by atoms with E-state index in [4.69, 9.17) is 0 Å². The molecule has 1 heteroatoms. The molecule has 1 nitrogen and oxygen atoms in total. The molecule has 2 aromatic carbocycles. The highest BCUT2D eigenvalue weighted by Crippen LogP contribution is 2.30. The van der Waals surface area contributed by atoms with Crippen molar-refractivity contribution in [3.63, 3.8) is 0 Å². The standard InChI is InChI=1S/C19H25N/c1-15(2)14-17(4)20(18-8-6-5-7-9-18)19-12-10-16(3)11-13-19/h5-13,15,17H,14H2,1-4H3. The molecule has 0 aliphatic carbocycles. The average Bonchev–Trinajstić information content (AvgIpc) is 2.42.